The Morgan fingerprint density at radius 1 is 0.159 bits per heavy atom. The summed E-state index contributed by atoms with van der Waals surface area (Å²) >= 11 is 0. The largest absolute Gasteiger partial charge is 0.0713 e. The number of hydrogen-bond acceptors (Lipinski definition) is 0. The molecule has 0 heteroatoms. The number of hydrogen-bond donors (Lipinski definition) is 0. The van der Waals surface area contributed by atoms with Crippen molar-refractivity contribution in [2.75, 3.05) is 0 Å². The molecule has 0 saturated heterocycles. The molecule has 0 atom stereocenters. The third-order valence-corrected chi connectivity index (χ3v) is 31.0. The predicted octanol–water partition coefficient (Wildman–Crippen LogP) is 36.8. The molecule has 4 aliphatic rings. The van der Waals surface area contributed by atoms with Crippen molar-refractivity contribution in [3.63, 3.8) is 0 Å². The van der Waals surface area contributed by atoms with Crippen molar-refractivity contribution in [1.82, 2.24) is 0 Å². The van der Waals surface area contributed by atoms with Gasteiger partial charge in [0, 0.05) is 0 Å². The fourth-order valence-electron chi connectivity index (χ4n) is 23.4. The van der Waals surface area contributed by atoms with Gasteiger partial charge in [-0.05, 0) is 298 Å². The number of fused-ring (bicyclic) bond motifs is 12. The summed E-state index contributed by atoms with van der Waals surface area (Å²) in [5.41, 5.74) is 53.6. The van der Waals surface area contributed by atoms with Crippen LogP contribution >= 0.6 is 0 Å². The monoisotopic (exact) mass is 1810 g/mol. The van der Waals surface area contributed by atoms with Gasteiger partial charge in [0.2, 0.25) is 0 Å². The van der Waals surface area contributed by atoms with Crippen LogP contribution in [0.25, 0.3) is 44.5 Å². The van der Waals surface area contributed by atoms with Crippen LogP contribution in [0.5, 0.6) is 0 Å². The Balaban J connectivity index is 0.000000128. The maximum Gasteiger partial charge on any atom is 0.0713 e. The highest BCUT2D eigenvalue weighted by Gasteiger charge is 2.51. The second-order valence-corrected chi connectivity index (χ2v) is 43.4. The standard InChI is InChI=1S/C39H46.2C35H38.C29H26/c1-5-7-9-11-13-31-17-21-33(22-18-31)39(34-23-19-32(20-24-34)14-12-10-8-6-2)37-27-29(3)15-25-35(37)36-26-16-30(4)28-38(36)39;1-23-9-19-29-30-20-10-24(2)22-32(30)35(31(29)21-23,27-15-11-25(12-16-27)33(3,4)5)28-17-13-26(14-18-28)34(6,7)8;1-5-7-9-27-13-17-29(18-14-27)35(30-19-15-28(16-20-30)10-8-6-2)33-23-25(3)11-21-31(33)32-22-12-26(4)24-34(32)35;1-19-5-11-23(12-6-19)29(24-13-7-20(2)8-14-24)27-17-21(3)9-15-25(27)26-16-10-22(4)18-28(26)29/h15-28H,5-14H2,1-4H3;9-22H,1-8H3;11-24H,5-10H2,1-4H3;5-18H,1-4H3. The smallest absolute Gasteiger partial charge is 0.0654 e. The summed E-state index contributed by atoms with van der Waals surface area (Å²) in [5.74, 6) is 0. The Hall–Kier alpha value is -12.5. The van der Waals surface area contributed by atoms with Crippen molar-refractivity contribution in [3.05, 3.63) is 518 Å². The third-order valence-electron chi connectivity index (χ3n) is 31.0. The summed E-state index contributed by atoms with van der Waals surface area (Å²) < 4.78 is 0. The molecule has 700 valence electrons. The molecule has 0 unspecified atom stereocenters. The fraction of sp³-hybridized carbons (Fsp3) is 0.304. The van der Waals surface area contributed by atoms with E-state index in [2.05, 4.69) is 478 Å². The summed E-state index contributed by atoms with van der Waals surface area (Å²) in [7, 11) is 0. The van der Waals surface area contributed by atoms with Gasteiger partial charge >= 0.3 is 0 Å². The zero-order chi connectivity index (χ0) is 97.0. The van der Waals surface area contributed by atoms with E-state index in [0.29, 0.717) is 0 Å². The number of benzene rings is 16. The van der Waals surface area contributed by atoms with Gasteiger partial charge in [0.25, 0.3) is 0 Å². The van der Waals surface area contributed by atoms with Crippen LogP contribution in [0, 0.1) is 69.2 Å². The van der Waals surface area contributed by atoms with E-state index in [-0.39, 0.29) is 32.5 Å². The highest BCUT2D eigenvalue weighted by atomic mass is 14.5. The molecule has 0 amide bonds. The quantitative estimate of drug-likeness (QED) is 0.0529. The van der Waals surface area contributed by atoms with Crippen molar-refractivity contribution in [3.8, 4) is 44.5 Å². The first-order valence-electron chi connectivity index (χ1n) is 52.2. The zero-order valence-corrected chi connectivity index (χ0v) is 86.6. The summed E-state index contributed by atoms with van der Waals surface area (Å²) in [6, 6.07) is 132. The van der Waals surface area contributed by atoms with Gasteiger partial charge in [0.05, 0.1) is 21.7 Å². The van der Waals surface area contributed by atoms with Crippen molar-refractivity contribution in [2.45, 2.75) is 274 Å². The second kappa shape index (κ2) is 40.9. The number of rotatable bonds is 24. The van der Waals surface area contributed by atoms with E-state index >= 15 is 0 Å². The lowest BCUT2D eigenvalue weighted by molar-refractivity contribution is 0.588. The average Bonchev–Trinajstić information content (AvgIpc) is 1.55. The van der Waals surface area contributed by atoms with Gasteiger partial charge in [-0.15, -0.1) is 0 Å². The summed E-state index contributed by atoms with van der Waals surface area (Å²) in [6.07, 6.45) is 20.1. The van der Waals surface area contributed by atoms with Gasteiger partial charge in [0.1, 0.15) is 0 Å². The van der Waals surface area contributed by atoms with Gasteiger partial charge < -0.3 is 0 Å². The van der Waals surface area contributed by atoms with Crippen LogP contribution < -0.4 is 0 Å². The first kappa shape index (κ1) is 97.2. The molecule has 4 aliphatic carbocycles. The lowest BCUT2D eigenvalue weighted by Gasteiger charge is -2.35. The zero-order valence-electron chi connectivity index (χ0n) is 86.6. The fourth-order valence-corrected chi connectivity index (χ4v) is 23.4. The van der Waals surface area contributed by atoms with Gasteiger partial charge in [-0.2, -0.15) is 0 Å². The topological polar surface area (TPSA) is 0 Å². The predicted molar refractivity (Wildman–Crippen MR) is 593 cm³/mol. The first-order chi connectivity index (χ1) is 66.6. The van der Waals surface area contributed by atoms with Crippen LogP contribution in [0.15, 0.2) is 340 Å². The Bertz CT molecular complexity index is 6540. The molecule has 0 bridgehead atoms. The van der Waals surface area contributed by atoms with Gasteiger partial charge in [-0.1, -0.05) is 516 Å². The molecule has 0 spiro atoms. The van der Waals surface area contributed by atoms with Gasteiger partial charge in [0.15, 0.2) is 0 Å². The minimum Gasteiger partial charge on any atom is -0.0654 e. The van der Waals surface area contributed by atoms with E-state index in [1.165, 1.54) is 312 Å². The summed E-state index contributed by atoms with van der Waals surface area (Å²) in [4.78, 5) is 0. The SMILES string of the molecule is CCCCCCc1ccc(C2(c3ccc(CCCCCC)cc3)c3cc(C)ccc3-c3ccc(C)cc32)cc1.CCCCc1ccc(C2(c3ccc(CCCC)cc3)c3cc(C)ccc3-c3ccc(C)cc32)cc1.Cc1ccc(C2(c3ccc(C)cc3)c3cc(C)ccc3-c3ccc(C)cc32)cc1.Cc1ccc2c(c1)C(c1ccc(C(C)(C)C)cc1)(c1ccc(C(C)(C)C)cc1)c1cc(C)ccc1-2. The van der Waals surface area contributed by atoms with E-state index in [1.54, 1.807) is 0 Å². The highest BCUT2D eigenvalue weighted by Crippen LogP contribution is 2.62. The van der Waals surface area contributed by atoms with Crippen LogP contribution in [0.4, 0.5) is 0 Å². The van der Waals surface area contributed by atoms with Crippen LogP contribution in [-0.2, 0) is 58.2 Å². The molecule has 0 heterocycles. The molecule has 0 nitrogen and oxygen atoms in total. The van der Waals surface area contributed by atoms with Crippen LogP contribution in [0.3, 0.4) is 0 Å². The van der Waals surface area contributed by atoms with Crippen LogP contribution in [-0.4, -0.2) is 0 Å². The van der Waals surface area contributed by atoms with Crippen molar-refractivity contribution >= 4 is 0 Å². The molecular formula is C138H148. The molecule has 16 aromatic rings. The Labute approximate surface area is 830 Å². The minimum atomic E-state index is -0.338. The molecule has 16 aromatic carbocycles. The molecule has 0 radical (unpaired) electrons. The van der Waals surface area contributed by atoms with Gasteiger partial charge in [-0.25, -0.2) is 0 Å². The number of aryl methyl sites for hydroxylation is 14. The number of unbranched alkanes of at least 4 members (excludes halogenated alkanes) is 8. The Kier molecular flexibility index (Phi) is 28.8. The summed E-state index contributed by atoms with van der Waals surface area (Å²) in [6.45, 7) is 44.9. The third kappa shape index (κ3) is 18.6. The van der Waals surface area contributed by atoms with E-state index in [0.717, 1.165) is 12.8 Å². The molecule has 20 rings (SSSR count). The molecule has 0 saturated carbocycles. The lowest BCUT2D eigenvalue weighted by Crippen LogP contribution is -2.29. The Morgan fingerprint density at radius 2 is 0.312 bits per heavy atom. The Morgan fingerprint density at radius 3 is 0.478 bits per heavy atom. The van der Waals surface area contributed by atoms with E-state index in [9.17, 15) is 0 Å². The average molecular weight is 1810 g/mol. The maximum atomic E-state index is 2.45. The second-order valence-electron chi connectivity index (χ2n) is 43.4. The van der Waals surface area contributed by atoms with Gasteiger partial charge in [-0.3, -0.25) is 0 Å². The lowest BCUT2D eigenvalue weighted by atomic mass is 9.66. The normalized spacial score (nSPS) is 13.8. The van der Waals surface area contributed by atoms with E-state index in [4.69, 9.17) is 0 Å². The summed E-state index contributed by atoms with van der Waals surface area (Å²) in [5, 5.41) is 0. The molecule has 0 fully saturated rings. The molecule has 0 N–H and O–H groups in total. The van der Waals surface area contributed by atoms with Crippen LogP contribution in [0.2, 0.25) is 0 Å². The minimum absolute atomic E-state index is 0.124. The maximum absolute atomic E-state index is 2.45. The molecule has 0 aromatic heterocycles. The molecule has 0 aliphatic heterocycles. The van der Waals surface area contributed by atoms with E-state index in [1.807, 2.05) is 0 Å². The van der Waals surface area contributed by atoms with Crippen molar-refractivity contribution in [2.24, 2.45) is 0 Å². The highest BCUT2D eigenvalue weighted by molar-refractivity contribution is 5.91. The van der Waals surface area contributed by atoms with Crippen LogP contribution in [0.1, 0.15) is 324 Å². The van der Waals surface area contributed by atoms with Crippen molar-refractivity contribution < 1.29 is 0 Å². The first-order valence-corrected chi connectivity index (χ1v) is 52.2. The molecule has 138 heavy (non-hydrogen) atoms. The van der Waals surface area contributed by atoms with Crippen molar-refractivity contribution in [1.29, 1.82) is 0 Å². The van der Waals surface area contributed by atoms with E-state index < -0.39 is 0 Å². The molecular weight excluding hydrogens is 1660 g/mol.